The molecule has 80 valence electrons. The van der Waals surface area contributed by atoms with Crippen molar-refractivity contribution in [2.45, 2.75) is 25.7 Å². The van der Waals surface area contributed by atoms with E-state index in [-0.39, 0.29) is 5.97 Å². The van der Waals surface area contributed by atoms with E-state index in [1.165, 1.54) is 32.8 Å². The molecule has 2 fully saturated rings. The number of methoxy groups -OCH3 is 1. The van der Waals surface area contributed by atoms with E-state index in [2.05, 4.69) is 10.1 Å². The Hall–Kier alpha value is -0.570. The molecule has 0 aromatic rings. The maximum absolute atomic E-state index is 10.9. The van der Waals surface area contributed by atoms with Gasteiger partial charge in [0.2, 0.25) is 0 Å². The van der Waals surface area contributed by atoms with E-state index in [1.54, 1.807) is 0 Å². The van der Waals surface area contributed by atoms with Crippen molar-refractivity contribution in [3.63, 3.8) is 0 Å². The Kier molecular flexibility index (Phi) is 3.06. The summed E-state index contributed by atoms with van der Waals surface area (Å²) in [4.78, 5) is 10.9. The highest BCUT2D eigenvalue weighted by Gasteiger charge is 2.40. The molecule has 0 radical (unpaired) electrons. The molecule has 0 heterocycles. The number of hydrogen-bond acceptors (Lipinski definition) is 3. The van der Waals surface area contributed by atoms with Gasteiger partial charge in [-0.2, -0.15) is 0 Å². The van der Waals surface area contributed by atoms with E-state index in [0.717, 1.165) is 24.3 Å². The van der Waals surface area contributed by atoms with Crippen LogP contribution in [0.2, 0.25) is 0 Å². The summed E-state index contributed by atoms with van der Waals surface area (Å²) in [6.45, 7) is 1.37. The van der Waals surface area contributed by atoms with Crippen molar-refractivity contribution < 1.29 is 9.53 Å². The van der Waals surface area contributed by atoms with Crippen molar-refractivity contribution in [2.24, 2.45) is 17.8 Å². The minimum absolute atomic E-state index is 0.157. The first-order valence-corrected chi connectivity index (χ1v) is 5.59. The first-order chi connectivity index (χ1) is 6.81. The molecule has 0 spiro atoms. The number of rotatable bonds is 6. The van der Waals surface area contributed by atoms with E-state index in [1.807, 2.05) is 0 Å². The van der Waals surface area contributed by atoms with Crippen LogP contribution in [0.3, 0.4) is 0 Å². The summed E-state index contributed by atoms with van der Waals surface area (Å²) < 4.78 is 4.58. The molecule has 0 aromatic carbocycles. The van der Waals surface area contributed by atoms with Gasteiger partial charge < -0.3 is 10.1 Å². The van der Waals surface area contributed by atoms with Crippen LogP contribution in [-0.2, 0) is 9.53 Å². The molecule has 1 N–H and O–H groups in total. The lowest BCUT2D eigenvalue weighted by Crippen LogP contribution is -2.30. The van der Waals surface area contributed by atoms with Crippen LogP contribution in [0, 0.1) is 17.8 Å². The molecule has 14 heavy (non-hydrogen) atoms. The van der Waals surface area contributed by atoms with Gasteiger partial charge in [0.15, 0.2) is 0 Å². The second-order valence-corrected chi connectivity index (χ2v) is 4.55. The zero-order chi connectivity index (χ0) is 9.97. The Bertz CT molecular complexity index is 197. The summed E-state index contributed by atoms with van der Waals surface area (Å²) in [7, 11) is 1.43. The van der Waals surface area contributed by atoms with Gasteiger partial charge in [0.05, 0.1) is 13.7 Å². The minimum atomic E-state index is -0.157. The lowest BCUT2D eigenvalue weighted by molar-refractivity contribution is -0.139. The van der Waals surface area contributed by atoms with Gasteiger partial charge in [0.1, 0.15) is 0 Å². The van der Waals surface area contributed by atoms with Gasteiger partial charge in [0, 0.05) is 0 Å². The van der Waals surface area contributed by atoms with E-state index in [0.29, 0.717) is 6.54 Å². The van der Waals surface area contributed by atoms with E-state index >= 15 is 0 Å². The van der Waals surface area contributed by atoms with Crippen molar-refractivity contribution in [1.82, 2.24) is 5.32 Å². The van der Waals surface area contributed by atoms with Crippen molar-refractivity contribution in [3.05, 3.63) is 0 Å². The molecule has 0 saturated heterocycles. The number of carbonyl (C=O) groups is 1. The normalized spacial score (nSPS) is 21.3. The van der Waals surface area contributed by atoms with Gasteiger partial charge in [-0.25, -0.2) is 0 Å². The molecule has 3 nitrogen and oxygen atoms in total. The number of ether oxygens (including phenoxy) is 1. The standard InChI is InChI=1S/C11H19NO2/c1-14-11(13)7-12-6-10(8-2-3-8)9-4-5-9/h8-10,12H,2-7H2,1H3. The van der Waals surface area contributed by atoms with Crippen molar-refractivity contribution >= 4 is 5.97 Å². The zero-order valence-corrected chi connectivity index (χ0v) is 8.79. The Balaban J connectivity index is 1.64. The van der Waals surface area contributed by atoms with Crippen LogP contribution in [0.5, 0.6) is 0 Å². The van der Waals surface area contributed by atoms with E-state index in [9.17, 15) is 4.79 Å². The van der Waals surface area contributed by atoms with Crippen LogP contribution in [0.1, 0.15) is 25.7 Å². The van der Waals surface area contributed by atoms with Crippen molar-refractivity contribution in [3.8, 4) is 0 Å². The fourth-order valence-electron chi connectivity index (χ4n) is 2.18. The Morgan fingerprint density at radius 1 is 1.36 bits per heavy atom. The second kappa shape index (κ2) is 4.30. The molecule has 0 bridgehead atoms. The van der Waals surface area contributed by atoms with Gasteiger partial charge in [0.25, 0.3) is 0 Å². The molecular weight excluding hydrogens is 178 g/mol. The maximum atomic E-state index is 10.9. The number of hydrogen-bond donors (Lipinski definition) is 1. The van der Waals surface area contributed by atoms with Crippen molar-refractivity contribution in [2.75, 3.05) is 20.2 Å². The molecule has 0 aromatic heterocycles. The Morgan fingerprint density at radius 3 is 2.36 bits per heavy atom. The van der Waals surface area contributed by atoms with Crippen LogP contribution < -0.4 is 5.32 Å². The molecule has 2 aliphatic rings. The highest BCUT2D eigenvalue weighted by Crippen LogP contribution is 2.48. The lowest BCUT2D eigenvalue weighted by atomic mass is 9.98. The molecule has 2 rings (SSSR count). The third-order valence-corrected chi connectivity index (χ3v) is 3.33. The van der Waals surface area contributed by atoms with Gasteiger partial charge >= 0.3 is 5.97 Å². The topological polar surface area (TPSA) is 38.3 Å². The van der Waals surface area contributed by atoms with Crippen molar-refractivity contribution in [1.29, 1.82) is 0 Å². The number of esters is 1. The Labute approximate surface area is 85.2 Å². The second-order valence-electron chi connectivity index (χ2n) is 4.55. The summed E-state index contributed by atoms with van der Waals surface area (Å²) >= 11 is 0. The summed E-state index contributed by atoms with van der Waals surface area (Å²) in [6.07, 6.45) is 5.62. The SMILES string of the molecule is COC(=O)CNCC(C1CC1)C1CC1. The van der Waals surface area contributed by atoms with E-state index < -0.39 is 0 Å². The molecule has 3 heteroatoms. The quantitative estimate of drug-likeness (QED) is 0.650. The Morgan fingerprint density at radius 2 is 1.93 bits per heavy atom. The molecule has 0 amide bonds. The number of carbonyl (C=O) groups excluding carboxylic acids is 1. The van der Waals surface area contributed by atoms with Crippen LogP contribution in [-0.4, -0.2) is 26.2 Å². The van der Waals surface area contributed by atoms with Crippen LogP contribution in [0.4, 0.5) is 0 Å². The third kappa shape index (κ3) is 2.71. The largest absolute Gasteiger partial charge is 0.468 e. The van der Waals surface area contributed by atoms with Crippen LogP contribution in [0.25, 0.3) is 0 Å². The first-order valence-electron chi connectivity index (χ1n) is 5.59. The van der Waals surface area contributed by atoms with Crippen LogP contribution >= 0.6 is 0 Å². The minimum Gasteiger partial charge on any atom is -0.468 e. The zero-order valence-electron chi connectivity index (χ0n) is 8.79. The maximum Gasteiger partial charge on any atom is 0.319 e. The average Bonchev–Trinajstić information content (AvgIpc) is 3.03. The summed E-state index contributed by atoms with van der Waals surface area (Å²) in [5.41, 5.74) is 0. The highest BCUT2D eigenvalue weighted by atomic mass is 16.5. The first kappa shape index (κ1) is 9.97. The van der Waals surface area contributed by atoms with Crippen LogP contribution in [0.15, 0.2) is 0 Å². The summed E-state index contributed by atoms with van der Waals surface area (Å²) in [6, 6.07) is 0. The predicted octanol–water partition coefficient (Wildman–Crippen LogP) is 1.19. The highest BCUT2D eigenvalue weighted by molar-refractivity contribution is 5.71. The molecule has 2 saturated carbocycles. The molecule has 2 aliphatic carbocycles. The fourth-order valence-corrected chi connectivity index (χ4v) is 2.18. The number of nitrogens with one attached hydrogen (secondary N) is 1. The monoisotopic (exact) mass is 197 g/mol. The lowest BCUT2D eigenvalue weighted by Gasteiger charge is -2.15. The molecular formula is C11H19NO2. The molecule has 0 atom stereocenters. The fraction of sp³-hybridized carbons (Fsp3) is 0.909. The summed E-state index contributed by atoms with van der Waals surface area (Å²) in [5, 5.41) is 3.20. The van der Waals surface area contributed by atoms with E-state index in [4.69, 9.17) is 0 Å². The van der Waals surface area contributed by atoms with Gasteiger partial charge in [-0.1, -0.05) is 0 Å². The third-order valence-electron chi connectivity index (χ3n) is 3.33. The molecule has 0 unspecified atom stereocenters. The average molecular weight is 197 g/mol. The van der Waals surface area contributed by atoms with Gasteiger partial charge in [-0.3, -0.25) is 4.79 Å². The van der Waals surface area contributed by atoms with Gasteiger partial charge in [-0.15, -0.1) is 0 Å². The summed E-state index contributed by atoms with van der Waals surface area (Å²) in [5.74, 6) is 2.58. The van der Waals surface area contributed by atoms with Gasteiger partial charge in [-0.05, 0) is 50.0 Å². The molecule has 0 aliphatic heterocycles. The smallest absolute Gasteiger partial charge is 0.319 e. The predicted molar refractivity (Wildman–Crippen MR) is 53.8 cm³/mol.